The van der Waals surface area contributed by atoms with Gasteiger partial charge in [0.05, 0.1) is 6.61 Å². The number of carbonyl (C=O) groups is 2. The minimum Gasteiger partial charge on any atom is -0.450 e. The van der Waals surface area contributed by atoms with Crippen LogP contribution in [0.2, 0.25) is 0 Å². The second-order valence-corrected chi connectivity index (χ2v) is 6.03. The van der Waals surface area contributed by atoms with Gasteiger partial charge in [0, 0.05) is 16.9 Å². The molecule has 0 radical (unpaired) electrons. The Labute approximate surface area is 131 Å². The quantitative estimate of drug-likeness (QED) is 0.781. The Morgan fingerprint density at radius 1 is 1.14 bits per heavy atom. The molecular weight excluding hydrogens is 282 g/mol. The van der Waals surface area contributed by atoms with Crippen LogP contribution in [0.5, 0.6) is 0 Å². The lowest BCUT2D eigenvalue weighted by Gasteiger charge is -2.24. The van der Waals surface area contributed by atoms with Crippen molar-refractivity contribution in [1.29, 1.82) is 0 Å². The van der Waals surface area contributed by atoms with Gasteiger partial charge in [-0.25, -0.2) is 4.79 Å². The number of carbonyl (C=O) groups excluding carboxylic acids is 2. The van der Waals surface area contributed by atoms with Gasteiger partial charge in [0.1, 0.15) is 6.04 Å². The van der Waals surface area contributed by atoms with E-state index in [-0.39, 0.29) is 17.5 Å². The SMILES string of the molecule is CCOC(=O)Nc1ccc(NC(C)C(=O)NC(C)(C)C)cc1. The summed E-state index contributed by atoms with van der Waals surface area (Å²) in [5, 5.41) is 8.64. The summed E-state index contributed by atoms with van der Waals surface area (Å²) >= 11 is 0. The molecule has 0 aliphatic rings. The standard InChI is InChI=1S/C16H25N3O3/c1-6-22-15(21)18-13-9-7-12(8-10-13)17-11(2)14(20)19-16(3,4)5/h7-11,17H,6H2,1-5H3,(H,18,21)(H,19,20). The number of anilines is 2. The van der Waals surface area contributed by atoms with Crippen molar-refractivity contribution in [3.63, 3.8) is 0 Å². The van der Waals surface area contributed by atoms with Crippen molar-refractivity contribution in [2.24, 2.45) is 0 Å². The van der Waals surface area contributed by atoms with Crippen LogP contribution in [0, 0.1) is 0 Å². The fourth-order valence-corrected chi connectivity index (χ4v) is 1.73. The number of ether oxygens (including phenoxy) is 1. The lowest BCUT2D eigenvalue weighted by molar-refractivity contribution is -0.122. The average Bonchev–Trinajstić information content (AvgIpc) is 2.39. The molecule has 0 fully saturated rings. The van der Waals surface area contributed by atoms with E-state index < -0.39 is 6.09 Å². The molecule has 2 amide bonds. The predicted molar refractivity (Wildman–Crippen MR) is 88.1 cm³/mol. The van der Waals surface area contributed by atoms with E-state index in [0.717, 1.165) is 5.69 Å². The molecule has 122 valence electrons. The van der Waals surface area contributed by atoms with Crippen LogP contribution in [-0.4, -0.2) is 30.2 Å². The van der Waals surface area contributed by atoms with Crippen molar-refractivity contribution < 1.29 is 14.3 Å². The second kappa shape index (κ2) is 7.68. The predicted octanol–water partition coefficient (Wildman–Crippen LogP) is 2.97. The van der Waals surface area contributed by atoms with Gasteiger partial charge in [-0.1, -0.05) is 0 Å². The molecule has 22 heavy (non-hydrogen) atoms. The van der Waals surface area contributed by atoms with E-state index in [2.05, 4.69) is 16.0 Å². The third kappa shape index (κ3) is 6.47. The summed E-state index contributed by atoms with van der Waals surface area (Å²) in [6, 6.07) is 6.72. The Morgan fingerprint density at radius 2 is 1.68 bits per heavy atom. The lowest BCUT2D eigenvalue weighted by atomic mass is 10.1. The van der Waals surface area contributed by atoms with E-state index in [4.69, 9.17) is 4.74 Å². The summed E-state index contributed by atoms with van der Waals surface area (Å²) in [5.74, 6) is -0.0683. The summed E-state index contributed by atoms with van der Waals surface area (Å²) in [6.45, 7) is 9.68. The fourth-order valence-electron chi connectivity index (χ4n) is 1.73. The number of benzene rings is 1. The van der Waals surface area contributed by atoms with Crippen LogP contribution in [-0.2, 0) is 9.53 Å². The Kier molecular flexibility index (Phi) is 6.22. The molecule has 0 saturated carbocycles. The molecule has 1 unspecified atom stereocenters. The maximum absolute atomic E-state index is 12.0. The van der Waals surface area contributed by atoms with Gasteiger partial charge >= 0.3 is 6.09 Å². The van der Waals surface area contributed by atoms with Gasteiger partial charge in [-0.3, -0.25) is 10.1 Å². The number of hydrogen-bond acceptors (Lipinski definition) is 4. The summed E-state index contributed by atoms with van der Waals surface area (Å²) in [5.41, 5.74) is 1.17. The van der Waals surface area contributed by atoms with E-state index >= 15 is 0 Å². The van der Waals surface area contributed by atoms with Gasteiger partial charge in [0.15, 0.2) is 0 Å². The van der Waals surface area contributed by atoms with Crippen molar-refractivity contribution in [3.8, 4) is 0 Å². The minimum atomic E-state index is -0.485. The normalized spacial score (nSPS) is 12.2. The highest BCUT2D eigenvalue weighted by Crippen LogP contribution is 2.15. The number of hydrogen-bond donors (Lipinski definition) is 3. The van der Waals surface area contributed by atoms with Gasteiger partial charge in [-0.05, 0) is 58.9 Å². The van der Waals surface area contributed by atoms with Crippen LogP contribution in [0.4, 0.5) is 16.2 Å². The monoisotopic (exact) mass is 307 g/mol. The highest BCUT2D eigenvalue weighted by molar-refractivity contribution is 5.86. The third-order valence-electron chi connectivity index (χ3n) is 2.68. The van der Waals surface area contributed by atoms with Gasteiger partial charge in [0.25, 0.3) is 0 Å². The van der Waals surface area contributed by atoms with Crippen molar-refractivity contribution in [1.82, 2.24) is 5.32 Å². The zero-order valence-corrected chi connectivity index (χ0v) is 13.8. The highest BCUT2D eigenvalue weighted by atomic mass is 16.5. The van der Waals surface area contributed by atoms with Crippen LogP contribution in [0.25, 0.3) is 0 Å². The average molecular weight is 307 g/mol. The molecule has 0 aliphatic carbocycles. The van der Waals surface area contributed by atoms with E-state index in [1.54, 1.807) is 38.1 Å². The molecule has 1 aromatic rings. The van der Waals surface area contributed by atoms with Gasteiger partial charge in [0.2, 0.25) is 5.91 Å². The fraction of sp³-hybridized carbons (Fsp3) is 0.500. The molecular formula is C16H25N3O3. The van der Waals surface area contributed by atoms with Crippen molar-refractivity contribution in [2.75, 3.05) is 17.2 Å². The molecule has 1 atom stereocenters. The number of amides is 2. The first-order valence-corrected chi connectivity index (χ1v) is 7.33. The van der Waals surface area contributed by atoms with E-state index in [0.29, 0.717) is 12.3 Å². The second-order valence-electron chi connectivity index (χ2n) is 6.03. The first kappa shape index (κ1) is 17.8. The third-order valence-corrected chi connectivity index (χ3v) is 2.68. The van der Waals surface area contributed by atoms with Crippen LogP contribution in [0.15, 0.2) is 24.3 Å². The lowest BCUT2D eigenvalue weighted by Crippen LogP contribution is -2.47. The molecule has 0 spiro atoms. The Morgan fingerprint density at radius 3 is 2.18 bits per heavy atom. The summed E-state index contributed by atoms with van der Waals surface area (Å²) in [6.07, 6.45) is -0.485. The molecule has 6 heteroatoms. The Hall–Kier alpha value is -2.24. The van der Waals surface area contributed by atoms with Crippen molar-refractivity contribution in [3.05, 3.63) is 24.3 Å². The minimum absolute atomic E-state index is 0.0683. The zero-order chi connectivity index (χ0) is 16.8. The van der Waals surface area contributed by atoms with Crippen LogP contribution >= 0.6 is 0 Å². The summed E-state index contributed by atoms with van der Waals surface area (Å²) in [7, 11) is 0. The van der Waals surface area contributed by atoms with E-state index in [1.807, 2.05) is 20.8 Å². The number of nitrogens with one attached hydrogen (secondary N) is 3. The maximum Gasteiger partial charge on any atom is 0.411 e. The number of rotatable bonds is 5. The molecule has 0 heterocycles. The molecule has 6 nitrogen and oxygen atoms in total. The molecule has 1 rings (SSSR count). The van der Waals surface area contributed by atoms with E-state index in [9.17, 15) is 9.59 Å². The van der Waals surface area contributed by atoms with E-state index in [1.165, 1.54) is 0 Å². The summed E-state index contributed by atoms with van der Waals surface area (Å²) in [4.78, 5) is 23.3. The highest BCUT2D eigenvalue weighted by Gasteiger charge is 2.18. The summed E-state index contributed by atoms with van der Waals surface area (Å²) < 4.78 is 4.80. The van der Waals surface area contributed by atoms with Crippen LogP contribution in [0.1, 0.15) is 34.6 Å². The topological polar surface area (TPSA) is 79.5 Å². The van der Waals surface area contributed by atoms with Crippen molar-refractivity contribution >= 4 is 23.4 Å². The molecule has 0 aromatic heterocycles. The van der Waals surface area contributed by atoms with Gasteiger partial charge in [-0.2, -0.15) is 0 Å². The van der Waals surface area contributed by atoms with Crippen LogP contribution < -0.4 is 16.0 Å². The molecule has 3 N–H and O–H groups in total. The first-order chi connectivity index (χ1) is 10.2. The van der Waals surface area contributed by atoms with Crippen LogP contribution in [0.3, 0.4) is 0 Å². The molecule has 1 aromatic carbocycles. The molecule has 0 bridgehead atoms. The largest absolute Gasteiger partial charge is 0.450 e. The Balaban J connectivity index is 2.56. The maximum atomic E-state index is 12.0. The molecule has 0 saturated heterocycles. The van der Waals surface area contributed by atoms with Gasteiger partial charge in [-0.15, -0.1) is 0 Å². The van der Waals surface area contributed by atoms with Gasteiger partial charge < -0.3 is 15.4 Å². The van der Waals surface area contributed by atoms with Crippen molar-refractivity contribution in [2.45, 2.75) is 46.2 Å². The smallest absolute Gasteiger partial charge is 0.411 e. The molecule has 0 aliphatic heterocycles. The first-order valence-electron chi connectivity index (χ1n) is 7.33. The Bertz CT molecular complexity index is 506. The zero-order valence-electron chi connectivity index (χ0n) is 13.8.